The Labute approximate surface area is 202 Å². The number of likely N-dealkylation sites (tertiary alicyclic amines) is 1. The summed E-state index contributed by atoms with van der Waals surface area (Å²) < 4.78 is 6.26. The van der Waals surface area contributed by atoms with Crippen LogP contribution in [0.25, 0.3) is 0 Å². The summed E-state index contributed by atoms with van der Waals surface area (Å²) in [6.45, 7) is 4.42. The van der Waals surface area contributed by atoms with Crippen LogP contribution in [0.2, 0.25) is 5.02 Å². The lowest BCUT2D eigenvalue weighted by Gasteiger charge is -2.45. The minimum Gasteiger partial charge on any atom is -0.486 e. The number of piperidine rings is 1. The number of nitrogens with zero attached hydrogens (tertiary/aromatic N) is 2. The quantitative estimate of drug-likeness (QED) is 0.620. The van der Waals surface area contributed by atoms with Crippen molar-refractivity contribution in [1.82, 2.24) is 9.80 Å². The normalized spacial score (nSPS) is 19.8. The Morgan fingerprint density at radius 3 is 2.18 bits per heavy atom. The Kier molecular flexibility index (Phi) is 5.47. The molecule has 1 fully saturated rings. The first-order valence-corrected chi connectivity index (χ1v) is 11.9. The van der Waals surface area contributed by atoms with Gasteiger partial charge >= 0.3 is 0 Å². The maximum absolute atomic E-state index is 13.6. The van der Waals surface area contributed by atoms with Crippen molar-refractivity contribution >= 4 is 35.1 Å². The molecular weight excluding hydrogens is 456 g/mol. The molecule has 3 heterocycles. The fraction of sp³-hybridized carbons (Fsp3) is 0.385. The third kappa shape index (κ3) is 3.59. The molecule has 0 N–H and O–H groups in total. The van der Waals surface area contributed by atoms with Crippen LogP contribution in [0.3, 0.4) is 0 Å². The molecule has 3 amide bonds. The number of hydrogen-bond donors (Lipinski definition) is 0. The molecule has 0 saturated carbocycles. The average molecular weight is 481 g/mol. The van der Waals surface area contributed by atoms with Gasteiger partial charge in [-0.05, 0) is 36.2 Å². The van der Waals surface area contributed by atoms with Crippen LogP contribution in [0.5, 0.6) is 5.75 Å². The topological polar surface area (TPSA) is 84.0 Å². The Bertz CT molecular complexity index is 1180. The van der Waals surface area contributed by atoms with E-state index < -0.39 is 23.5 Å². The van der Waals surface area contributed by atoms with Gasteiger partial charge in [-0.25, -0.2) is 0 Å². The van der Waals surface area contributed by atoms with Gasteiger partial charge < -0.3 is 9.64 Å². The number of amides is 3. The van der Waals surface area contributed by atoms with E-state index >= 15 is 0 Å². The number of ketones is 1. The number of halogens is 1. The van der Waals surface area contributed by atoms with E-state index in [1.54, 1.807) is 47.4 Å². The van der Waals surface area contributed by atoms with Crippen LogP contribution >= 0.6 is 11.6 Å². The van der Waals surface area contributed by atoms with E-state index in [1.807, 2.05) is 13.8 Å². The maximum atomic E-state index is 13.6. The molecule has 176 valence electrons. The predicted molar refractivity (Wildman–Crippen MR) is 125 cm³/mol. The van der Waals surface area contributed by atoms with Crippen molar-refractivity contribution in [3.63, 3.8) is 0 Å². The van der Waals surface area contributed by atoms with Gasteiger partial charge in [-0.1, -0.05) is 37.6 Å². The molecule has 0 aromatic heterocycles. The van der Waals surface area contributed by atoms with Crippen molar-refractivity contribution in [2.75, 3.05) is 13.1 Å². The van der Waals surface area contributed by atoms with Crippen LogP contribution < -0.4 is 4.74 Å². The first kappa shape index (κ1) is 22.6. The predicted octanol–water partition coefficient (Wildman–Crippen LogP) is 3.99. The first-order chi connectivity index (χ1) is 16.2. The smallest absolute Gasteiger partial charge is 0.262 e. The molecule has 3 aliphatic rings. The summed E-state index contributed by atoms with van der Waals surface area (Å²) in [6.07, 6.45) is 1.20. The van der Waals surface area contributed by atoms with Crippen LogP contribution in [0, 0.1) is 5.92 Å². The van der Waals surface area contributed by atoms with Gasteiger partial charge in [-0.3, -0.25) is 24.1 Å². The second-order valence-electron chi connectivity index (χ2n) is 9.57. The lowest BCUT2D eigenvalue weighted by atomic mass is 9.82. The van der Waals surface area contributed by atoms with Crippen LogP contribution in [0.1, 0.15) is 64.2 Å². The molecular formula is C26H25ClN2O5. The average Bonchev–Trinajstić information content (AvgIpc) is 3.05. The van der Waals surface area contributed by atoms with Crippen LogP contribution in [-0.2, 0) is 4.79 Å². The number of carbonyl (C=O) groups excluding carboxylic acids is 4. The van der Waals surface area contributed by atoms with Gasteiger partial charge in [-0.15, -0.1) is 0 Å². The molecule has 0 radical (unpaired) electrons. The lowest BCUT2D eigenvalue weighted by molar-refractivity contribution is -0.140. The van der Waals surface area contributed by atoms with Crippen LogP contribution in [0.4, 0.5) is 0 Å². The van der Waals surface area contributed by atoms with Gasteiger partial charge in [0.25, 0.3) is 11.8 Å². The van der Waals surface area contributed by atoms with Gasteiger partial charge in [-0.2, -0.15) is 0 Å². The second kappa shape index (κ2) is 8.24. The Morgan fingerprint density at radius 1 is 0.971 bits per heavy atom. The summed E-state index contributed by atoms with van der Waals surface area (Å²) in [5.74, 6) is -0.875. The molecule has 1 unspecified atom stereocenters. The molecule has 1 saturated heterocycles. The highest BCUT2D eigenvalue weighted by Gasteiger charge is 2.48. The summed E-state index contributed by atoms with van der Waals surface area (Å²) in [4.78, 5) is 55.2. The lowest BCUT2D eigenvalue weighted by Crippen LogP contribution is -2.58. The molecule has 0 aliphatic carbocycles. The molecule has 2 aromatic rings. The number of hydrogen-bond acceptors (Lipinski definition) is 5. The third-order valence-corrected chi connectivity index (χ3v) is 7.26. The first-order valence-electron chi connectivity index (χ1n) is 11.5. The molecule has 0 bridgehead atoms. The zero-order chi connectivity index (χ0) is 24.2. The summed E-state index contributed by atoms with van der Waals surface area (Å²) in [6, 6.07) is 10.8. The van der Waals surface area contributed by atoms with Gasteiger partial charge in [0.1, 0.15) is 17.4 Å². The minimum absolute atomic E-state index is 0.0189. The van der Waals surface area contributed by atoms with Gasteiger partial charge in [0.15, 0.2) is 5.78 Å². The van der Waals surface area contributed by atoms with Crippen molar-refractivity contribution in [3.05, 3.63) is 64.2 Å². The van der Waals surface area contributed by atoms with Crippen LogP contribution in [-0.4, -0.2) is 58.0 Å². The Hall–Kier alpha value is -3.19. The van der Waals surface area contributed by atoms with Gasteiger partial charge in [0, 0.05) is 31.0 Å². The minimum atomic E-state index is -0.891. The summed E-state index contributed by atoms with van der Waals surface area (Å²) in [5.41, 5.74) is 0.479. The monoisotopic (exact) mass is 480 g/mol. The summed E-state index contributed by atoms with van der Waals surface area (Å²) in [7, 11) is 0. The highest BCUT2D eigenvalue weighted by molar-refractivity contribution is 6.31. The number of fused-ring (bicyclic) bond motifs is 2. The van der Waals surface area contributed by atoms with E-state index in [4.69, 9.17) is 16.3 Å². The van der Waals surface area contributed by atoms with E-state index in [0.29, 0.717) is 53.4 Å². The van der Waals surface area contributed by atoms with Crippen molar-refractivity contribution in [2.45, 2.75) is 44.8 Å². The van der Waals surface area contributed by atoms with E-state index in [0.717, 1.165) is 4.90 Å². The SMILES string of the molecule is CC(C)C(C(=O)N1CCC2(CC1)CC(=O)c1cc(Cl)ccc1O2)N1C(=O)c2ccccc2C1=O. The van der Waals surface area contributed by atoms with Crippen molar-refractivity contribution < 1.29 is 23.9 Å². The molecule has 1 atom stereocenters. The molecule has 8 heteroatoms. The zero-order valence-electron chi connectivity index (χ0n) is 19.0. The largest absolute Gasteiger partial charge is 0.486 e. The highest BCUT2D eigenvalue weighted by atomic mass is 35.5. The molecule has 3 aliphatic heterocycles. The second-order valence-corrected chi connectivity index (χ2v) is 10.0. The van der Waals surface area contributed by atoms with E-state index in [1.165, 1.54) is 0 Å². The number of Topliss-reactive ketones (excluding diaryl/α,β-unsaturated/α-hetero) is 1. The molecule has 2 aromatic carbocycles. The fourth-order valence-corrected chi connectivity index (χ4v) is 5.39. The number of carbonyl (C=O) groups is 4. The fourth-order valence-electron chi connectivity index (χ4n) is 5.22. The van der Waals surface area contributed by atoms with Crippen molar-refractivity contribution in [2.24, 2.45) is 5.92 Å². The maximum Gasteiger partial charge on any atom is 0.262 e. The third-order valence-electron chi connectivity index (χ3n) is 7.03. The van der Waals surface area contributed by atoms with Crippen LogP contribution in [0.15, 0.2) is 42.5 Å². The zero-order valence-corrected chi connectivity index (χ0v) is 19.8. The van der Waals surface area contributed by atoms with E-state index in [-0.39, 0.29) is 24.0 Å². The Morgan fingerprint density at radius 2 is 1.59 bits per heavy atom. The molecule has 7 nitrogen and oxygen atoms in total. The number of benzene rings is 2. The molecule has 5 rings (SSSR count). The summed E-state index contributed by atoms with van der Waals surface area (Å²) >= 11 is 6.03. The molecule has 34 heavy (non-hydrogen) atoms. The van der Waals surface area contributed by atoms with Gasteiger partial charge in [0.2, 0.25) is 5.91 Å². The number of ether oxygens (including phenoxy) is 1. The Balaban J connectivity index is 1.33. The number of imide groups is 1. The van der Waals surface area contributed by atoms with Gasteiger partial charge in [0.05, 0.1) is 23.1 Å². The molecule has 1 spiro atoms. The standard InChI is InChI=1S/C26H25ClN2O5/c1-15(2)22(29-23(31)17-5-3-4-6-18(17)24(29)32)25(33)28-11-9-26(10-12-28)14-20(30)19-13-16(27)7-8-21(19)34-26/h3-8,13,15,22H,9-12,14H2,1-2H3. The van der Waals surface area contributed by atoms with E-state index in [2.05, 4.69) is 0 Å². The van der Waals surface area contributed by atoms with Crippen molar-refractivity contribution in [1.29, 1.82) is 0 Å². The highest BCUT2D eigenvalue weighted by Crippen LogP contribution is 2.40. The van der Waals surface area contributed by atoms with E-state index in [9.17, 15) is 19.2 Å². The van der Waals surface area contributed by atoms with Crippen molar-refractivity contribution in [3.8, 4) is 5.75 Å². The summed E-state index contributed by atoms with van der Waals surface area (Å²) in [5, 5.41) is 0.486. The number of rotatable bonds is 3.